The molecule has 21 heavy (non-hydrogen) atoms. The normalized spacial score (nSPS) is 10.4. The predicted octanol–water partition coefficient (Wildman–Crippen LogP) is 3.00. The van der Waals surface area contributed by atoms with Gasteiger partial charge in [0.1, 0.15) is 5.75 Å². The van der Waals surface area contributed by atoms with E-state index in [1.54, 1.807) is 18.3 Å². The topological polar surface area (TPSA) is 92.0 Å². The van der Waals surface area contributed by atoms with Crippen molar-refractivity contribution in [3.05, 3.63) is 36.2 Å². The number of amides is 1. The second-order valence-electron chi connectivity index (χ2n) is 4.89. The van der Waals surface area contributed by atoms with Gasteiger partial charge in [-0.05, 0) is 31.5 Å². The van der Waals surface area contributed by atoms with E-state index in [4.69, 9.17) is 5.73 Å². The molecule has 0 unspecified atom stereocenters. The van der Waals surface area contributed by atoms with Crippen molar-refractivity contribution in [3.63, 3.8) is 0 Å². The molecule has 2 aromatic heterocycles. The maximum absolute atomic E-state index is 9.82. The Bertz CT molecular complexity index is 778. The number of rotatable bonds is 2. The number of nitrogens with two attached hydrogens (primary N) is 1. The number of primary amides is 1. The van der Waals surface area contributed by atoms with Gasteiger partial charge in [0.05, 0.1) is 16.7 Å². The highest BCUT2D eigenvalue weighted by atomic mass is 16.3. The second kappa shape index (κ2) is 6.26. The maximum Gasteiger partial charge on any atom is 0.217 e. The Labute approximate surface area is 122 Å². The minimum absolute atomic E-state index is 0.211. The molecule has 1 amide bonds. The standard InChI is InChI=1S/C12H10N2O.C4H9NO/c1-7-12-10(4-5-13-7)9-3-2-8(15)6-11(9)14-12;1-2-3-4(5)6/h2-6,14-15H,1H3;2-3H2,1H3,(H2,5,6). The highest BCUT2D eigenvalue weighted by Crippen LogP contribution is 2.28. The molecule has 5 nitrogen and oxygen atoms in total. The number of fused-ring (bicyclic) bond motifs is 3. The number of hydrogen-bond donors (Lipinski definition) is 3. The molecule has 2 heterocycles. The van der Waals surface area contributed by atoms with E-state index in [0.717, 1.165) is 33.9 Å². The number of aromatic amines is 1. The Kier molecular flexibility index (Phi) is 4.42. The minimum Gasteiger partial charge on any atom is -0.508 e. The molecular formula is C16H19N3O2. The van der Waals surface area contributed by atoms with E-state index >= 15 is 0 Å². The van der Waals surface area contributed by atoms with Crippen molar-refractivity contribution in [2.75, 3.05) is 0 Å². The molecule has 0 saturated heterocycles. The third-order valence-corrected chi connectivity index (χ3v) is 3.19. The summed E-state index contributed by atoms with van der Waals surface area (Å²) in [5.41, 5.74) is 7.72. The first-order valence-corrected chi connectivity index (χ1v) is 6.87. The third kappa shape index (κ3) is 3.31. The lowest BCUT2D eigenvalue weighted by Gasteiger charge is -1.93. The Morgan fingerprint density at radius 2 is 2.10 bits per heavy atom. The van der Waals surface area contributed by atoms with Crippen LogP contribution < -0.4 is 5.73 Å². The molecule has 110 valence electrons. The summed E-state index contributed by atoms with van der Waals surface area (Å²) in [5.74, 6) is 0.0668. The first kappa shape index (κ1) is 14.8. The van der Waals surface area contributed by atoms with Gasteiger partial charge in [0.25, 0.3) is 0 Å². The van der Waals surface area contributed by atoms with Crippen LogP contribution in [0.4, 0.5) is 0 Å². The first-order valence-electron chi connectivity index (χ1n) is 6.87. The molecule has 0 atom stereocenters. The fourth-order valence-electron chi connectivity index (χ4n) is 2.20. The number of benzene rings is 1. The highest BCUT2D eigenvalue weighted by molar-refractivity contribution is 6.08. The molecule has 3 aromatic rings. The van der Waals surface area contributed by atoms with Crippen LogP contribution in [-0.2, 0) is 4.79 Å². The van der Waals surface area contributed by atoms with Gasteiger partial charge < -0.3 is 15.8 Å². The number of pyridine rings is 1. The van der Waals surface area contributed by atoms with Gasteiger partial charge in [0.15, 0.2) is 0 Å². The lowest BCUT2D eigenvalue weighted by Crippen LogP contribution is -2.08. The van der Waals surface area contributed by atoms with Crippen molar-refractivity contribution in [3.8, 4) is 5.75 Å². The molecule has 4 N–H and O–H groups in total. The SMILES string of the molecule is CCCC(N)=O.Cc1nccc2c1[nH]c1cc(O)ccc12. The van der Waals surface area contributed by atoms with Crippen molar-refractivity contribution >= 4 is 27.7 Å². The summed E-state index contributed by atoms with van der Waals surface area (Å²) in [7, 11) is 0. The fraction of sp³-hybridized carbons (Fsp3) is 0.250. The zero-order chi connectivity index (χ0) is 15.4. The Morgan fingerprint density at radius 3 is 2.71 bits per heavy atom. The van der Waals surface area contributed by atoms with Gasteiger partial charge >= 0.3 is 0 Å². The molecule has 3 rings (SSSR count). The van der Waals surface area contributed by atoms with Crippen LogP contribution in [0.15, 0.2) is 30.5 Å². The van der Waals surface area contributed by atoms with Gasteiger partial charge in [-0.25, -0.2) is 0 Å². The fourth-order valence-corrected chi connectivity index (χ4v) is 2.20. The monoisotopic (exact) mass is 285 g/mol. The van der Waals surface area contributed by atoms with Gasteiger partial charge in [-0.2, -0.15) is 0 Å². The lowest BCUT2D eigenvalue weighted by molar-refractivity contribution is -0.118. The Hall–Kier alpha value is -2.56. The van der Waals surface area contributed by atoms with Crippen LogP contribution in [0.5, 0.6) is 5.75 Å². The average molecular weight is 285 g/mol. The average Bonchev–Trinajstić information content (AvgIpc) is 2.78. The number of phenols is 1. The molecule has 5 heteroatoms. The highest BCUT2D eigenvalue weighted by Gasteiger charge is 2.06. The summed E-state index contributed by atoms with van der Waals surface area (Å²) < 4.78 is 0. The number of aromatic hydroxyl groups is 1. The van der Waals surface area contributed by atoms with E-state index in [2.05, 4.69) is 9.97 Å². The predicted molar refractivity (Wildman–Crippen MR) is 84.1 cm³/mol. The van der Waals surface area contributed by atoms with Gasteiger partial charge in [0, 0.05) is 29.5 Å². The molecule has 0 bridgehead atoms. The number of nitrogens with zero attached hydrogens (tertiary/aromatic N) is 1. The van der Waals surface area contributed by atoms with Crippen LogP contribution in [-0.4, -0.2) is 21.0 Å². The molecular weight excluding hydrogens is 266 g/mol. The second-order valence-corrected chi connectivity index (χ2v) is 4.89. The smallest absolute Gasteiger partial charge is 0.217 e. The van der Waals surface area contributed by atoms with Gasteiger partial charge in [-0.3, -0.25) is 9.78 Å². The molecule has 0 aliphatic rings. The van der Waals surface area contributed by atoms with Crippen LogP contribution in [0.3, 0.4) is 0 Å². The summed E-state index contributed by atoms with van der Waals surface area (Å²) in [4.78, 5) is 17.3. The van der Waals surface area contributed by atoms with Crippen LogP contribution in [0.25, 0.3) is 21.8 Å². The van der Waals surface area contributed by atoms with Gasteiger partial charge in [-0.1, -0.05) is 6.92 Å². The Morgan fingerprint density at radius 1 is 1.33 bits per heavy atom. The summed E-state index contributed by atoms with van der Waals surface area (Å²) in [6, 6.07) is 7.33. The number of hydrogen-bond acceptors (Lipinski definition) is 3. The quantitative estimate of drug-likeness (QED) is 0.675. The van der Waals surface area contributed by atoms with Crippen LogP contribution in [0.2, 0.25) is 0 Å². The van der Waals surface area contributed by atoms with Crippen molar-refractivity contribution in [2.45, 2.75) is 26.7 Å². The van der Waals surface area contributed by atoms with Crippen molar-refractivity contribution in [1.29, 1.82) is 0 Å². The van der Waals surface area contributed by atoms with Crippen LogP contribution >= 0.6 is 0 Å². The summed E-state index contributed by atoms with van der Waals surface area (Å²) >= 11 is 0. The molecule has 1 aromatic carbocycles. The summed E-state index contributed by atoms with van der Waals surface area (Å²) in [5, 5.41) is 11.7. The van der Waals surface area contributed by atoms with Gasteiger partial charge in [-0.15, -0.1) is 0 Å². The van der Waals surface area contributed by atoms with Gasteiger partial charge in [0.2, 0.25) is 5.91 Å². The zero-order valence-corrected chi connectivity index (χ0v) is 12.2. The zero-order valence-electron chi connectivity index (χ0n) is 12.2. The van der Waals surface area contributed by atoms with Crippen LogP contribution in [0.1, 0.15) is 25.5 Å². The van der Waals surface area contributed by atoms with Crippen LogP contribution in [0, 0.1) is 6.92 Å². The minimum atomic E-state index is -0.211. The molecule has 0 fully saturated rings. The number of H-pyrrole nitrogens is 1. The summed E-state index contributed by atoms with van der Waals surface area (Å²) in [6.07, 6.45) is 3.17. The number of aryl methyl sites for hydroxylation is 1. The molecule has 0 radical (unpaired) electrons. The number of nitrogens with one attached hydrogen (secondary N) is 1. The van der Waals surface area contributed by atoms with E-state index in [0.29, 0.717) is 6.42 Å². The molecule has 0 aliphatic heterocycles. The van der Waals surface area contributed by atoms with E-state index in [-0.39, 0.29) is 11.7 Å². The molecule has 0 saturated carbocycles. The van der Waals surface area contributed by atoms with E-state index in [1.807, 2.05) is 26.0 Å². The molecule has 0 aliphatic carbocycles. The number of carbonyl (C=O) groups is 1. The van der Waals surface area contributed by atoms with E-state index in [9.17, 15) is 9.90 Å². The van der Waals surface area contributed by atoms with Crippen molar-refractivity contribution < 1.29 is 9.90 Å². The number of aromatic nitrogens is 2. The van der Waals surface area contributed by atoms with Crippen molar-refractivity contribution in [2.24, 2.45) is 5.73 Å². The molecule has 0 spiro atoms. The number of phenolic OH excluding ortho intramolecular Hbond substituents is 1. The summed E-state index contributed by atoms with van der Waals surface area (Å²) in [6.45, 7) is 3.89. The first-order chi connectivity index (χ1) is 10.0. The van der Waals surface area contributed by atoms with Crippen molar-refractivity contribution in [1.82, 2.24) is 9.97 Å². The third-order valence-electron chi connectivity index (χ3n) is 3.19. The largest absolute Gasteiger partial charge is 0.508 e. The lowest BCUT2D eigenvalue weighted by atomic mass is 10.1. The van der Waals surface area contributed by atoms with E-state index < -0.39 is 0 Å². The maximum atomic E-state index is 9.82. The Balaban J connectivity index is 0.000000232. The number of carbonyl (C=O) groups excluding carboxylic acids is 1. The van der Waals surface area contributed by atoms with E-state index in [1.165, 1.54) is 0 Å².